The monoisotopic (exact) mass is 235 g/mol. The minimum Gasteiger partial charge on any atom is -0.480 e. The summed E-state index contributed by atoms with van der Waals surface area (Å²) < 4.78 is 5.45. The van der Waals surface area contributed by atoms with Gasteiger partial charge in [0.2, 0.25) is 0 Å². The molecule has 4 nitrogen and oxygen atoms in total. The number of thiol groups is 1. The summed E-state index contributed by atoms with van der Waals surface area (Å²) in [5.41, 5.74) is -0.239. The lowest BCUT2D eigenvalue weighted by atomic mass is 10.0. The zero-order valence-electron chi connectivity index (χ0n) is 9.83. The van der Waals surface area contributed by atoms with Gasteiger partial charge in [-0.1, -0.05) is 0 Å². The first-order chi connectivity index (χ1) is 6.62. The number of carboxylic acids is 1. The Morgan fingerprint density at radius 3 is 2.33 bits per heavy atom. The Bertz CT molecular complexity index is 211. The lowest BCUT2D eigenvalue weighted by Gasteiger charge is -2.27. The van der Waals surface area contributed by atoms with E-state index in [2.05, 4.69) is 17.9 Å². The Hall–Kier alpha value is -0.260. The SMILES string of the molecule is CC(C)(CCOC(C)(C)S)NCC(=O)O. The maximum Gasteiger partial charge on any atom is 0.317 e. The van der Waals surface area contributed by atoms with Gasteiger partial charge in [0.25, 0.3) is 0 Å². The molecule has 0 spiro atoms. The van der Waals surface area contributed by atoms with Gasteiger partial charge in [0, 0.05) is 5.54 Å². The van der Waals surface area contributed by atoms with Gasteiger partial charge in [-0.3, -0.25) is 4.79 Å². The summed E-state index contributed by atoms with van der Waals surface area (Å²) >= 11 is 4.23. The minimum atomic E-state index is -0.849. The third-order valence-electron chi connectivity index (χ3n) is 1.90. The largest absolute Gasteiger partial charge is 0.480 e. The first-order valence-corrected chi connectivity index (χ1v) is 5.40. The van der Waals surface area contributed by atoms with Crippen LogP contribution in [0.2, 0.25) is 0 Å². The molecule has 0 aromatic rings. The first kappa shape index (κ1) is 14.7. The van der Waals surface area contributed by atoms with Gasteiger partial charge >= 0.3 is 5.97 Å². The van der Waals surface area contributed by atoms with Crippen LogP contribution in [-0.2, 0) is 9.53 Å². The zero-order chi connectivity index (χ0) is 12.1. The Labute approximate surface area is 96.8 Å². The molecule has 0 fully saturated rings. The van der Waals surface area contributed by atoms with Crippen LogP contribution in [0, 0.1) is 0 Å². The molecule has 0 radical (unpaired) electrons. The van der Waals surface area contributed by atoms with Crippen molar-refractivity contribution in [3.05, 3.63) is 0 Å². The van der Waals surface area contributed by atoms with Gasteiger partial charge in [-0.25, -0.2) is 0 Å². The van der Waals surface area contributed by atoms with Crippen LogP contribution in [0.15, 0.2) is 0 Å². The molecule has 0 unspecified atom stereocenters. The summed E-state index contributed by atoms with van der Waals surface area (Å²) in [6.45, 7) is 8.16. The highest BCUT2D eigenvalue weighted by atomic mass is 32.1. The molecule has 0 aliphatic heterocycles. The predicted octanol–water partition coefficient (Wildman–Crippen LogP) is 1.51. The molecule has 0 aromatic carbocycles. The molecule has 0 aliphatic rings. The lowest BCUT2D eigenvalue weighted by Crippen LogP contribution is -2.43. The van der Waals surface area contributed by atoms with Gasteiger partial charge in [-0.15, -0.1) is 12.6 Å². The van der Waals surface area contributed by atoms with Gasteiger partial charge in [-0.2, -0.15) is 0 Å². The summed E-state index contributed by atoms with van der Waals surface area (Å²) in [6, 6.07) is 0. The fourth-order valence-electron chi connectivity index (χ4n) is 0.959. The van der Waals surface area contributed by atoms with Crippen molar-refractivity contribution in [2.24, 2.45) is 0 Å². The van der Waals surface area contributed by atoms with Crippen LogP contribution in [-0.4, -0.2) is 34.7 Å². The van der Waals surface area contributed by atoms with E-state index in [-0.39, 0.29) is 12.1 Å². The molecule has 0 aliphatic carbocycles. The van der Waals surface area contributed by atoms with Crippen molar-refractivity contribution in [1.82, 2.24) is 5.32 Å². The molecular weight excluding hydrogens is 214 g/mol. The molecule has 15 heavy (non-hydrogen) atoms. The van der Waals surface area contributed by atoms with Crippen LogP contribution in [0.3, 0.4) is 0 Å². The van der Waals surface area contributed by atoms with Crippen LogP contribution >= 0.6 is 12.6 Å². The number of carbonyl (C=O) groups is 1. The average Bonchev–Trinajstić information content (AvgIpc) is 1.98. The number of rotatable bonds is 7. The topological polar surface area (TPSA) is 58.6 Å². The average molecular weight is 235 g/mol. The number of hydrogen-bond donors (Lipinski definition) is 3. The third-order valence-corrected chi connectivity index (χ3v) is 2.03. The van der Waals surface area contributed by atoms with Gasteiger partial charge < -0.3 is 15.2 Å². The quantitative estimate of drug-likeness (QED) is 0.462. The van der Waals surface area contributed by atoms with Crippen molar-refractivity contribution in [1.29, 1.82) is 0 Å². The van der Waals surface area contributed by atoms with Gasteiger partial charge in [-0.05, 0) is 34.1 Å². The van der Waals surface area contributed by atoms with E-state index in [1.165, 1.54) is 0 Å². The first-order valence-electron chi connectivity index (χ1n) is 4.95. The molecule has 5 heteroatoms. The Morgan fingerprint density at radius 2 is 1.93 bits per heavy atom. The molecular formula is C10H21NO3S. The van der Waals surface area contributed by atoms with Gasteiger partial charge in [0.15, 0.2) is 0 Å². The normalized spacial score (nSPS) is 12.9. The van der Waals surface area contributed by atoms with Crippen LogP contribution in [0.25, 0.3) is 0 Å². The highest BCUT2D eigenvalue weighted by molar-refractivity contribution is 7.81. The maximum atomic E-state index is 10.4. The van der Waals surface area contributed by atoms with E-state index in [0.29, 0.717) is 6.61 Å². The van der Waals surface area contributed by atoms with Crippen molar-refractivity contribution in [3.8, 4) is 0 Å². The van der Waals surface area contributed by atoms with Crippen LogP contribution in [0.1, 0.15) is 34.1 Å². The Kier molecular flexibility index (Phi) is 5.62. The van der Waals surface area contributed by atoms with E-state index >= 15 is 0 Å². The summed E-state index contributed by atoms with van der Waals surface area (Å²) in [4.78, 5) is 9.93. The van der Waals surface area contributed by atoms with E-state index in [1.54, 1.807) is 0 Å². The molecule has 0 saturated carbocycles. The number of nitrogens with one attached hydrogen (secondary N) is 1. The summed E-state index contributed by atoms with van der Waals surface area (Å²) in [6.07, 6.45) is 0.740. The molecule has 0 bridgehead atoms. The second-order valence-electron chi connectivity index (χ2n) is 4.68. The van der Waals surface area contributed by atoms with Crippen molar-refractivity contribution < 1.29 is 14.6 Å². The van der Waals surface area contributed by atoms with Crippen LogP contribution < -0.4 is 5.32 Å². The number of carboxylic acid groups (broad SMARTS) is 1. The number of ether oxygens (including phenoxy) is 1. The van der Waals surface area contributed by atoms with Crippen LogP contribution in [0.5, 0.6) is 0 Å². The van der Waals surface area contributed by atoms with E-state index in [9.17, 15) is 4.79 Å². The third kappa shape index (κ3) is 10.0. The summed E-state index contributed by atoms with van der Waals surface area (Å²) in [7, 11) is 0. The molecule has 0 amide bonds. The number of aliphatic carboxylic acids is 1. The molecule has 0 saturated heterocycles. The smallest absolute Gasteiger partial charge is 0.317 e. The molecule has 90 valence electrons. The molecule has 0 heterocycles. The highest BCUT2D eigenvalue weighted by Gasteiger charge is 2.19. The fraction of sp³-hybridized carbons (Fsp3) is 0.900. The summed E-state index contributed by atoms with van der Waals surface area (Å²) in [5, 5.41) is 11.5. The predicted molar refractivity (Wildman–Crippen MR) is 63.4 cm³/mol. The molecule has 2 N–H and O–H groups in total. The molecule has 0 rings (SSSR count). The van der Waals surface area contributed by atoms with Crippen molar-refractivity contribution in [2.75, 3.05) is 13.2 Å². The van der Waals surface area contributed by atoms with E-state index in [4.69, 9.17) is 9.84 Å². The van der Waals surface area contributed by atoms with Crippen LogP contribution in [0.4, 0.5) is 0 Å². The second kappa shape index (κ2) is 5.72. The van der Waals surface area contributed by atoms with E-state index in [0.717, 1.165) is 6.42 Å². The van der Waals surface area contributed by atoms with Crippen molar-refractivity contribution in [2.45, 2.75) is 44.6 Å². The fourth-order valence-corrected chi connectivity index (χ4v) is 1.05. The summed E-state index contributed by atoms with van der Waals surface area (Å²) in [5.74, 6) is -0.849. The van der Waals surface area contributed by atoms with E-state index < -0.39 is 10.9 Å². The standard InChI is InChI=1S/C10H21NO3S/c1-9(2,11-7-8(12)13)5-6-14-10(3,4)15/h11,15H,5-7H2,1-4H3,(H,12,13). The lowest BCUT2D eigenvalue weighted by molar-refractivity contribution is -0.136. The van der Waals surface area contributed by atoms with Gasteiger partial charge in [0.05, 0.1) is 13.2 Å². The zero-order valence-corrected chi connectivity index (χ0v) is 10.7. The van der Waals surface area contributed by atoms with Gasteiger partial charge in [0.1, 0.15) is 4.93 Å². The van der Waals surface area contributed by atoms with Crippen molar-refractivity contribution in [3.63, 3.8) is 0 Å². The van der Waals surface area contributed by atoms with Crippen molar-refractivity contribution >= 4 is 18.6 Å². The Morgan fingerprint density at radius 1 is 1.40 bits per heavy atom. The molecule has 0 aromatic heterocycles. The minimum absolute atomic E-state index is 0.0305. The van der Waals surface area contributed by atoms with E-state index in [1.807, 2.05) is 27.7 Å². The second-order valence-corrected chi connectivity index (χ2v) is 5.75. The number of hydrogen-bond acceptors (Lipinski definition) is 4. The molecule has 0 atom stereocenters. The maximum absolute atomic E-state index is 10.4. The highest BCUT2D eigenvalue weighted by Crippen LogP contribution is 2.16. The Balaban J connectivity index is 3.78.